The molecular weight excluding hydrogens is 388 g/mol. The van der Waals surface area contributed by atoms with Gasteiger partial charge in [0, 0.05) is 36.0 Å². The number of rotatable bonds is 4. The van der Waals surface area contributed by atoms with Crippen LogP contribution in [-0.2, 0) is 35.3 Å². The van der Waals surface area contributed by atoms with Crippen LogP contribution < -0.4 is 10.2 Å². The standard InChI is InChI=1S/C25H26N4O2/c30-24(29-13-3-5-18-4-1-2-6-23(18)29)14-17-7-11-21(12-8-17)27-25(31)19-9-10-20-16-26-28-22(20)15-19/h1-2,4,6-8,11-12,16,19H,3,5,9-10,13-15H2,(H,26,28)(H,27,31). The average molecular weight is 415 g/mol. The van der Waals surface area contributed by atoms with Gasteiger partial charge in [0.05, 0.1) is 12.6 Å². The second-order valence-corrected chi connectivity index (χ2v) is 8.45. The van der Waals surface area contributed by atoms with Gasteiger partial charge >= 0.3 is 0 Å². The highest BCUT2D eigenvalue weighted by atomic mass is 16.2. The van der Waals surface area contributed by atoms with E-state index in [9.17, 15) is 9.59 Å². The van der Waals surface area contributed by atoms with Crippen LogP contribution in [0.25, 0.3) is 0 Å². The van der Waals surface area contributed by atoms with Crippen LogP contribution in [0.5, 0.6) is 0 Å². The van der Waals surface area contributed by atoms with Crippen molar-refractivity contribution in [1.82, 2.24) is 10.2 Å². The first-order chi connectivity index (χ1) is 15.2. The number of hydrogen-bond donors (Lipinski definition) is 2. The van der Waals surface area contributed by atoms with Crippen molar-refractivity contribution in [3.63, 3.8) is 0 Å². The number of hydrogen-bond acceptors (Lipinski definition) is 3. The first-order valence-corrected chi connectivity index (χ1v) is 11.0. The number of H-pyrrole nitrogens is 1. The molecule has 1 aliphatic carbocycles. The molecule has 158 valence electrons. The summed E-state index contributed by atoms with van der Waals surface area (Å²) in [6, 6.07) is 15.8. The van der Waals surface area contributed by atoms with E-state index in [-0.39, 0.29) is 17.7 Å². The van der Waals surface area contributed by atoms with Crippen molar-refractivity contribution < 1.29 is 9.59 Å². The third-order valence-electron chi connectivity index (χ3n) is 6.38. The summed E-state index contributed by atoms with van der Waals surface area (Å²) in [5, 5.41) is 10.1. The lowest BCUT2D eigenvalue weighted by atomic mass is 9.87. The number of aromatic amines is 1. The fraction of sp³-hybridized carbons (Fsp3) is 0.320. The number of nitrogens with one attached hydrogen (secondary N) is 2. The van der Waals surface area contributed by atoms with Crippen molar-refractivity contribution in [2.75, 3.05) is 16.8 Å². The molecular formula is C25H26N4O2. The predicted molar refractivity (Wildman–Crippen MR) is 120 cm³/mol. The number of carbonyl (C=O) groups excluding carboxylic acids is 2. The van der Waals surface area contributed by atoms with Crippen LogP contribution in [0.3, 0.4) is 0 Å². The summed E-state index contributed by atoms with van der Waals surface area (Å²) < 4.78 is 0. The highest BCUT2D eigenvalue weighted by Gasteiger charge is 2.26. The van der Waals surface area contributed by atoms with E-state index in [0.29, 0.717) is 12.8 Å². The number of aryl methyl sites for hydroxylation is 2. The van der Waals surface area contributed by atoms with Crippen LogP contribution in [-0.4, -0.2) is 28.6 Å². The van der Waals surface area contributed by atoms with Crippen molar-refractivity contribution in [2.45, 2.75) is 38.5 Å². The van der Waals surface area contributed by atoms with Crippen LogP contribution in [0, 0.1) is 5.92 Å². The van der Waals surface area contributed by atoms with Gasteiger partial charge in [-0.1, -0.05) is 30.3 Å². The van der Waals surface area contributed by atoms with Crippen molar-refractivity contribution >= 4 is 23.2 Å². The summed E-state index contributed by atoms with van der Waals surface area (Å²) in [5.74, 6) is 0.101. The molecule has 2 heterocycles. The molecule has 2 N–H and O–H groups in total. The van der Waals surface area contributed by atoms with Crippen LogP contribution in [0.2, 0.25) is 0 Å². The molecule has 5 rings (SSSR count). The zero-order chi connectivity index (χ0) is 21.2. The molecule has 1 aliphatic heterocycles. The molecule has 6 nitrogen and oxygen atoms in total. The smallest absolute Gasteiger partial charge is 0.231 e. The molecule has 1 atom stereocenters. The number of amides is 2. The van der Waals surface area contributed by atoms with Gasteiger partial charge in [-0.05, 0) is 60.6 Å². The molecule has 1 aromatic heterocycles. The van der Waals surface area contributed by atoms with E-state index in [4.69, 9.17) is 0 Å². The number of para-hydroxylation sites is 1. The van der Waals surface area contributed by atoms with E-state index in [2.05, 4.69) is 21.6 Å². The lowest BCUT2D eigenvalue weighted by Gasteiger charge is -2.29. The molecule has 31 heavy (non-hydrogen) atoms. The molecule has 0 radical (unpaired) electrons. The summed E-state index contributed by atoms with van der Waals surface area (Å²) in [7, 11) is 0. The van der Waals surface area contributed by atoms with Crippen LogP contribution in [0.1, 0.15) is 35.2 Å². The maximum absolute atomic E-state index is 12.9. The number of fused-ring (bicyclic) bond motifs is 2. The fourth-order valence-corrected chi connectivity index (χ4v) is 4.64. The minimum atomic E-state index is -0.0478. The Labute approximate surface area is 181 Å². The minimum absolute atomic E-state index is 0.0361. The number of aromatic nitrogens is 2. The second-order valence-electron chi connectivity index (χ2n) is 8.45. The number of nitrogens with zero attached hydrogens (tertiary/aromatic N) is 2. The van der Waals surface area contributed by atoms with Gasteiger partial charge < -0.3 is 10.2 Å². The Morgan fingerprint density at radius 1 is 1.06 bits per heavy atom. The number of benzene rings is 2. The third kappa shape index (κ3) is 4.10. The van der Waals surface area contributed by atoms with Crippen LogP contribution in [0.4, 0.5) is 11.4 Å². The summed E-state index contributed by atoms with van der Waals surface area (Å²) in [5.41, 5.74) is 6.28. The normalized spacial score (nSPS) is 17.5. The second kappa shape index (κ2) is 8.38. The monoisotopic (exact) mass is 414 g/mol. The SMILES string of the molecule is O=C(Nc1ccc(CC(=O)N2CCCc3ccccc32)cc1)C1CCc2cn[nH]c2C1. The van der Waals surface area contributed by atoms with E-state index in [0.717, 1.165) is 54.9 Å². The maximum Gasteiger partial charge on any atom is 0.231 e. The van der Waals surface area contributed by atoms with Crippen molar-refractivity contribution in [1.29, 1.82) is 0 Å². The molecule has 3 aromatic rings. The Bertz CT molecular complexity index is 1100. The molecule has 0 saturated heterocycles. The molecule has 0 bridgehead atoms. The van der Waals surface area contributed by atoms with E-state index in [1.165, 1.54) is 11.1 Å². The Hall–Kier alpha value is -3.41. The Morgan fingerprint density at radius 3 is 2.77 bits per heavy atom. The topological polar surface area (TPSA) is 78.1 Å². The third-order valence-corrected chi connectivity index (χ3v) is 6.38. The molecule has 2 aliphatic rings. The molecule has 0 spiro atoms. The summed E-state index contributed by atoms with van der Waals surface area (Å²) in [6.45, 7) is 0.767. The van der Waals surface area contributed by atoms with E-state index in [1.807, 2.05) is 53.6 Å². The first kappa shape index (κ1) is 19.5. The molecule has 6 heteroatoms. The molecule has 1 unspecified atom stereocenters. The van der Waals surface area contributed by atoms with Gasteiger partial charge in [-0.3, -0.25) is 14.7 Å². The molecule has 2 amide bonds. The molecule has 0 saturated carbocycles. The highest BCUT2D eigenvalue weighted by molar-refractivity contribution is 5.96. The van der Waals surface area contributed by atoms with Gasteiger partial charge in [0.1, 0.15) is 0 Å². The lowest BCUT2D eigenvalue weighted by molar-refractivity contribution is -0.120. The number of carbonyl (C=O) groups is 2. The fourth-order valence-electron chi connectivity index (χ4n) is 4.64. The van der Waals surface area contributed by atoms with Gasteiger partial charge in [0.2, 0.25) is 11.8 Å². The van der Waals surface area contributed by atoms with Gasteiger partial charge in [0.15, 0.2) is 0 Å². The zero-order valence-electron chi connectivity index (χ0n) is 17.4. The van der Waals surface area contributed by atoms with Crippen molar-refractivity contribution in [3.8, 4) is 0 Å². The molecule has 0 fully saturated rings. The van der Waals surface area contributed by atoms with Crippen molar-refractivity contribution in [2.24, 2.45) is 5.92 Å². The highest BCUT2D eigenvalue weighted by Crippen LogP contribution is 2.28. The summed E-state index contributed by atoms with van der Waals surface area (Å²) >= 11 is 0. The first-order valence-electron chi connectivity index (χ1n) is 11.0. The van der Waals surface area contributed by atoms with Crippen LogP contribution in [0.15, 0.2) is 54.7 Å². The number of anilines is 2. The predicted octanol–water partition coefficient (Wildman–Crippen LogP) is 3.68. The van der Waals surface area contributed by atoms with Gasteiger partial charge in [-0.2, -0.15) is 5.10 Å². The van der Waals surface area contributed by atoms with Gasteiger partial charge in [-0.25, -0.2) is 0 Å². The molecule has 2 aromatic carbocycles. The zero-order valence-corrected chi connectivity index (χ0v) is 17.4. The minimum Gasteiger partial charge on any atom is -0.326 e. The quantitative estimate of drug-likeness (QED) is 0.684. The Morgan fingerprint density at radius 2 is 1.90 bits per heavy atom. The Kier molecular flexibility index (Phi) is 5.28. The summed E-state index contributed by atoms with van der Waals surface area (Å²) in [6.07, 6.45) is 6.64. The summed E-state index contributed by atoms with van der Waals surface area (Å²) in [4.78, 5) is 27.5. The largest absolute Gasteiger partial charge is 0.326 e. The Balaban J connectivity index is 1.20. The average Bonchev–Trinajstić information content (AvgIpc) is 3.28. The van der Waals surface area contributed by atoms with Gasteiger partial charge in [-0.15, -0.1) is 0 Å². The van der Waals surface area contributed by atoms with Crippen LogP contribution >= 0.6 is 0 Å². The van der Waals surface area contributed by atoms with E-state index >= 15 is 0 Å². The maximum atomic E-state index is 12.9. The van der Waals surface area contributed by atoms with E-state index in [1.54, 1.807) is 0 Å². The lowest BCUT2D eigenvalue weighted by Crippen LogP contribution is -2.36. The van der Waals surface area contributed by atoms with Crippen molar-refractivity contribution in [3.05, 3.63) is 77.1 Å². The van der Waals surface area contributed by atoms with Gasteiger partial charge in [0.25, 0.3) is 0 Å². The van der Waals surface area contributed by atoms with E-state index < -0.39 is 0 Å².